The zero-order chi connectivity index (χ0) is 14.9. The molecule has 1 N–H and O–H groups in total. The Balaban J connectivity index is 2.39. The van der Waals surface area contributed by atoms with Gasteiger partial charge in [0.2, 0.25) is 0 Å². The van der Waals surface area contributed by atoms with E-state index in [4.69, 9.17) is 0 Å². The lowest BCUT2D eigenvalue weighted by Crippen LogP contribution is -2.17. The topological polar surface area (TPSA) is 37.8 Å². The third kappa shape index (κ3) is 3.16. The molecule has 0 spiro atoms. The third-order valence-electron chi connectivity index (χ3n) is 2.78. The minimum Gasteiger partial charge on any atom is -0.309 e. The Morgan fingerprint density at radius 3 is 2.25 bits per heavy atom. The molecule has 2 aromatic rings. The fourth-order valence-corrected chi connectivity index (χ4v) is 2.98. The second-order valence-electron chi connectivity index (χ2n) is 4.47. The maximum Gasteiger partial charge on any atom is 0.443 e. The summed E-state index contributed by atoms with van der Waals surface area (Å²) in [6.45, 7) is 3.72. The highest BCUT2D eigenvalue weighted by atomic mass is 32.1. The molecule has 3 nitrogen and oxygen atoms in total. The van der Waals surface area contributed by atoms with Crippen LogP contribution in [0.1, 0.15) is 32.9 Å². The summed E-state index contributed by atoms with van der Waals surface area (Å²) in [5, 5.41) is 2.21. The molecule has 0 saturated heterocycles. The highest BCUT2D eigenvalue weighted by Gasteiger charge is 2.35. The zero-order valence-electron chi connectivity index (χ0n) is 11.2. The lowest BCUT2D eigenvalue weighted by atomic mass is 10.1. The summed E-state index contributed by atoms with van der Waals surface area (Å²) in [7, 11) is 1.71. The van der Waals surface area contributed by atoms with E-state index in [0.717, 1.165) is 17.0 Å². The number of hydrogen-bond donors (Lipinski definition) is 1. The highest BCUT2D eigenvalue weighted by Crippen LogP contribution is 2.35. The maximum atomic E-state index is 12.6. The molecule has 108 valence electrons. The van der Waals surface area contributed by atoms with E-state index in [2.05, 4.69) is 15.3 Å². The first kappa shape index (κ1) is 14.9. The molecule has 0 aliphatic carbocycles. The smallest absolute Gasteiger partial charge is 0.309 e. The van der Waals surface area contributed by atoms with E-state index in [1.807, 2.05) is 26.0 Å². The summed E-state index contributed by atoms with van der Waals surface area (Å²) >= 11 is 0.660. The molecular weight excluding hydrogens is 287 g/mol. The zero-order valence-corrected chi connectivity index (χ0v) is 12.1. The van der Waals surface area contributed by atoms with Gasteiger partial charge in [-0.25, -0.2) is 4.98 Å². The Hall–Kier alpha value is -1.47. The van der Waals surface area contributed by atoms with Gasteiger partial charge in [0.25, 0.3) is 0 Å². The van der Waals surface area contributed by atoms with Gasteiger partial charge in [-0.3, -0.25) is 4.98 Å². The highest BCUT2D eigenvalue weighted by molar-refractivity contribution is 7.11. The first-order valence-electron chi connectivity index (χ1n) is 5.96. The fraction of sp³-hybridized carbons (Fsp3) is 0.385. The summed E-state index contributed by atoms with van der Waals surface area (Å²) in [5.41, 5.74) is 2.55. The molecule has 1 atom stereocenters. The second kappa shape index (κ2) is 5.49. The average molecular weight is 301 g/mol. The quantitative estimate of drug-likeness (QED) is 0.943. The number of alkyl halides is 3. The Bertz CT molecular complexity index is 587. The van der Waals surface area contributed by atoms with Crippen molar-refractivity contribution in [2.45, 2.75) is 26.1 Å². The number of nitrogens with one attached hydrogen (secondary N) is 1. The van der Waals surface area contributed by atoms with Crippen molar-refractivity contribution in [3.63, 3.8) is 0 Å². The molecule has 0 aliphatic rings. The van der Waals surface area contributed by atoms with Crippen molar-refractivity contribution >= 4 is 11.3 Å². The molecule has 2 aromatic heterocycles. The van der Waals surface area contributed by atoms with Crippen LogP contribution in [0.3, 0.4) is 0 Å². The Morgan fingerprint density at radius 2 is 1.80 bits per heavy atom. The van der Waals surface area contributed by atoms with Gasteiger partial charge in [0.05, 0.1) is 6.04 Å². The predicted octanol–water partition coefficient (Wildman–Crippen LogP) is 3.48. The first-order valence-corrected chi connectivity index (χ1v) is 6.78. The van der Waals surface area contributed by atoms with Gasteiger partial charge >= 0.3 is 6.18 Å². The van der Waals surface area contributed by atoms with Crippen LogP contribution in [0.4, 0.5) is 13.2 Å². The van der Waals surface area contributed by atoms with E-state index in [1.165, 1.54) is 6.20 Å². The molecule has 2 rings (SSSR count). The molecule has 20 heavy (non-hydrogen) atoms. The van der Waals surface area contributed by atoms with Crippen LogP contribution in [0.15, 0.2) is 18.3 Å². The maximum absolute atomic E-state index is 12.6. The van der Waals surface area contributed by atoms with Crippen molar-refractivity contribution in [1.82, 2.24) is 15.3 Å². The van der Waals surface area contributed by atoms with Crippen LogP contribution in [0.2, 0.25) is 0 Å². The van der Waals surface area contributed by atoms with Crippen molar-refractivity contribution in [2.75, 3.05) is 7.05 Å². The van der Waals surface area contributed by atoms with E-state index in [9.17, 15) is 13.2 Å². The van der Waals surface area contributed by atoms with Crippen molar-refractivity contribution < 1.29 is 13.2 Å². The largest absolute Gasteiger partial charge is 0.443 e. The molecule has 0 saturated carbocycles. The molecule has 0 amide bonds. The molecule has 0 aromatic carbocycles. The number of rotatable bonds is 3. The first-order chi connectivity index (χ1) is 9.31. The summed E-state index contributed by atoms with van der Waals surface area (Å²) in [6, 6.07) is 3.41. The molecule has 0 radical (unpaired) electrons. The van der Waals surface area contributed by atoms with Gasteiger partial charge < -0.3 is 5.32 Å². The van der Waals surface area contributed by atoms with Crippen LogP contribution in [-0.4, -0.2) is 17.0 Å². The molecule has 7 heteroatoms. The van der Waals surface area contributed by atoms with Gasteiger partial charge in [0.15, 0.2) is 5.01 Å². The molecule has 0 bridgehead atoms. The number of aryl methyl sites for hydroxylation is 2. The number of hydrogen-bond acceptors (Lipinski definition) is 4. The van der Waals surface area contributed by atoms with Crippen molar-refractivity contribution in [2.24, 2.45) is 0 Å². The van der Waals surface area contributed by atoms with Gasteiger partial charge in [0.1, 0.15) is 0 Å². The van der Waals surface area contributed by atoms with Crippen LogP contribution in [0.5, 0.6) is 0 Å². The molecule has 0 aliphatic heterocycles. The molecule has 2 heterocycles. The van der Waals surface area contributed by atoms with Crippen molar-refractivity contribution in [3.05, 3.63) is 45.2 Å². The van der Waals surface area contributed by atoms with Crippen LogP contribution in [0, 0.1) is 13.8 Å². The van der Waals surface area contributed by atoms with Gasteiger partial charge in [-0.1, -0.05) is 0 Å². The van der Waals surface area contributed by atoms with Crippen LogP contribution >= 0.6 is 11.3 Å². The minimum absolute atomic E-state index is 0.316. The van der Waals surface area contributed by atoms with E-state index in [0.29, 0.717) is 16.2 Å². The lowest BCUT2D eigenvalue weighted by molar-refractivity contribution is -0.137. The summed E-state index contributed by atoms with van der Waals surface area (Å²) in [5.74, 6) is 0. The lowest BCUT2D eigenvalue weighted by Gasteiger charge is -2.15. The fourth-order valence-electron chi connectivity index (χ4n) is 2.06. The summed E-state index contributed by atoms with van der Waals surface area (Å²) < 4.78 is 37.9. The SMILES string of the molecule is CNC(c1cc(C)nc(C)c1)c1cnc(C(F)(F)F)s1. The molecular formula is C13H14F3N3S. The van der Waals surface area contributed by atoms with E-state index < -0.39 is 11.2 Å². The molecule has 0 fully saturated rings. The second-order valence-corrected chi connectivity index (χ2v) is 5.53. The van der Waals surface area contributed by atoms with E-state index in [-0.39, 0.29) is 6.04 Å². The minimum atomic E-state index is -4.40. The van der Waals surface area contributed by atoms with Gasteiger partial charge in [-0.15, -0.1) is 11.3 Å². The van der Waals surface area contributed by atoms with Crippen molar-refractivity contribution in [1.29, 1.82) is 0 Å². The van der Waals surface area contributed by atoms with Gasteiger partial charge in [-0.05, 0) is 38.6 Å². The van der Waals surface area contributed by atoms with Crippen LogP contribution in [0.25, 0.3) is 0 Å². The Labute approximate surface area is 118 Å². The standard InChI is InChI=1S/C13H14F3N3S/c1-7-4-9(5-8(2)19-7)11(17-3)10-6-18-12(20-10)13(14,15)16/h4-6,11,17H,1-3H3. The van der Waals surface area contributed by atoms with Crippen molar-refractivity contribution in [3.8, 4) is 0 Å². The number of halogens is 3. The van der Waals surface area contributed by atoms with Gasteiger partial charge in [0, 0.05) is 22.5 Å². The summed E-state index contributed by atoms with van der Waals surface area (Å²) in [6.07, 6.45) is -3.12. The van der Waals surface area contributed by atoms with Gasteiger partial charge in [-0.2, -0.15) is 13.2 Å². The Kier molecular flexibility index (Phi) is 4.10. The summed E-state index contributed by atoms with van der Waals surface area (Å²) in [4.78, 5) is 8.27. The van der Waals surface area contributed by atoms with E-state index in [1.54, 1.807) is 7.05 Å². The average Bonchev–Trinajstić information content (AvgIpc) is 2.77. The monoisotopic (exact) mass is 301 g/mol. The number of nitrogens with zero attached hydrogens (tertiary/aromatic N) is 2. The number of aromatic nitrogens is 2. The van der Waals surface area contributed by atoms with E-state index >= 15 is 0 Å². The third-order valence-corrected chi connectivity index (χ3v) is 3.88. The number of pyridine rings is 1. The van der Waals surface area contributed by atoms with Crippen LogP contribution in [-0.2, 0) is 6.18 Å². The predicted molar refractivity (Wildman–Crippen MR) is 71.7 cm³/mol. The molecule has 1 unspecified atom stereocenters. The number of thiazole rings is 1. The van der Waals surface area contributed by atoms with Crippen LogP contribution < -0.4 is 5.32 Å². The Morgan fingerprint density at radius 1 is 1.20 bits per heavy atom. The normalized spacial score (nSPS) is 13.5.